The summed E-state index contributed by atoms with van der Waals surface area (Å²) in [4.78, 5) is 13.8. The van der Waals surface area contributed by atoms with Gasteiger partial charge in [0.25, 0.3) is 0 Å². The number of likely N-dealkylation sites (tertiary alicyclic amines) is 1. The van der Waals surface area contributed by atoms with Crippen molar-refractivity contribution in [3.8, 4) is 0 Å². The molecule has 1 N–H and O–H groups in total. The first-order valence-electron chi connectivity index (χ1n) is 5.22. The fraction of sp³-hybridized carbons (Fsp3) is 0.900. The van der Waals surface area contributed by atoms with Crippen molar-refractivity contribution >= 4 is 5.91 Å². The molecule has 1 amide bonds. The van der Waals surface area contributed by atoms with Crippen LogP contribution in [0.25, 0.3) is 0 Å². The number of nitrogens with zero attached hydrogens (tertiary/aromatic N) is 1. The number of aliphatic hydroxyl groups excluding tert-OH is 1. The molecule has 2 atom stereocenters. The van der Waals surface area contributed by atoms with Crippen LogP contribution in [0.1, 0.15) is 25.7 Å². The zero-order chi connectivity index (χ0) is 9.26. The Bertz CT molecular complexity index is 197. The van der Waals surface area contributed by atoms with Gasteiger partial charge in [0, 0.05) is 25.6 Å². The van der Waals surface area contributed by atoms with E-state index in [2.05, 4.69) is 0 Å². The second-order valence-electron chi connectivity index (χ2n) is 4.16. The van der Waals surface area contributed by atoms with Crippen LogP contribution < -0.4 is 0 Å². The Kier molecular flexibility index (Phi) is 2.54. The lowest BCUT2D eigenvalue weighted by molar-refractivity contribution is -0.141. The van der Waals surface area contributed by atoms with E-state index < -0.39 is 0 Å². The lowest BCUT2D eigenvalue weighted by atomic mass is 9.73. The van der Waals surface area contributed by atoms with Gasteiger partial charge < -0.3 is 10.0 Å². The Morgan fingerprint density at radius 2 is 2.00 bits per heavy atom. The zero-order valence-corrected chi connectivity index (χ0v) is 7.91. The maximum absolute atomic E-state index is 11.8. The van der Waals surface area contributed by atoms with Crippen molar-refractivity contribution in [2.45, 2.75) is 25.7 Å². The summed E-state index contributed by atoms with van der Waals surface area (Å²) in [5.74, 6) is 0.694. The first kappa shape index (κ1) is 9.00. The maximum atomic E-state index is 11.8. The molecular weight excluding hydrogens is 166 g/mol. The van der Waals surface area contributed by atoms with Gasteiger partial charge in [0.1, 0.15) is 0 Å². The Balaban J connectivity index is 1.89. The molecular formula is C10H17NO2. The lowest BCUT2D eigenvalue weighted by Crippen LogP contribution is -2.43. The molecule has 2 rings (SSSR count). The highest BCUT2D eigenvalue weighted by Crippen LogP contribution is 2.35. The second-order valence-corrected chi connectivity index (χ2v) is 4.16. The van der Waals surface area contributed by atoms with Crippen LogP contribution in [0.5, 0.6) is 0 Å². The molecule has 2 fully saturated rings. The third-order valence-corrected chi connectivity index (χ3v) is 3.39. The molecule has 1 aliphatic carbocycles. The molecule has 1 heterocycles. The molecule has 1 aliphatic heterocycles. The van der Waals surface area contributed by atoms with Gasteiger partial charge in [0.15, 0.2) is 0 Å². The largest absolute Gasteiger partial charge is 0.396 e. The van der Waals surface area contributed by atoms with Crippen molar-refractivity contribution in [2.75, 3.05) is 19.7 Å². The highest BCUT2D eigenvalue weighted by molar-refractivity contribution is 5.80. The summed E-state index contributed by atoms with van der Waals surface area (Å²) in [6.45, 7) is 2.06. The van der Waals surface area contributed by atoms with E-state index in [1.165, 1.54) is 0 Å². The highest BCUT2D eigenvalue weighted by Gasteiger charge is 2.38. The van der Waals surface area contributed by atoms with Crippen molar-refractivity contribution in [3.63, 3.8) is 0 Å². The van der Waals surface area contributed by atoms with Crippen LogP contribution >= 0.6 is 0 Å². The molecule has 0 aromatic rings. The van der Waals surface area contributed by atoms with Crippen LogP contribution in [0, 0.1) is 11.8 Å². The molecule has 0 bridgehead atoms. The molecule has 0 radical (unpaired) electrons. The Labute approximate surface area is 78.7 Å². The third-order valence-electron chi connectivity index (χ3n) is 3.39. The summed E-state index contributed by atoms with van der Waals surface area (Å²) < 4.78 is 0. The molecule has 3 heteroatoms. The SMILES string of the molecule is O=C([C@H]1CC[C@H]1CO)N1CCCC1. The molecule has 0 aromatic carbocycles. The normalized spacial score (nSPS) is 33.2. The minimum atomic E-state index is 0.142. The third kappa shape index (κ3) is 1.57. The molecule has 1 saturated carbocycles. The molecule has 13 heavy (non-hydrogen) atoms. The van der Waals surface area contributed by atoms with Gasteiger partial charge in [-0.05, 0) is 31.6 Å². The van der Waals surface area contributed by atoms with Crippen LogP contribution in [-0.4, -0.2) is 35.6 Å². The number of carbonyl (C=O) groups excluding carboxylic acids is 1. The summed E-state index contributed by atoms with van der Waals surface area (Å²) in [5.41, 5.74) is 0. The zero-order valence-electron chi connectivity index (χ0n) is 7.91. The quantitative estimate of drug-likeness (QED) is 0.682. The number of hydrogen-bond donors (Lipinski definition) is 1. The lowest BCUT2D eigenvalue weighted by Gasteiger charge is -2.36. The molecule has 1 saturated heterocycles. The van der Waals surface area contributed by atoms with E-state index >= 15 is 0 Å². The van der Waals surface area contributed by atoms with E-state index in [0.717, 1.165) is 38.8 Å². The van der Waals surface area contributed by atoms with E-state index in [0.29, 0.717) is 5.91 Å². The molecule has 0 aromatic heterocycles. The van der Waals surface area contributed by atoms with Crippen LogP contribution in [-0.2, 0) is 4.79 Å². The standard InChI is InChI=1S/C10H17NO2/c12-7-8-3-4-9(8)10(13)11-5-1-2-6-11/h8-9,12H,1-7H2/t8-,9-/m0/s1. The average molecular weight is 183 g/mol. The predicted molar refractivity (Wildman–Crippen MR) is 49.1 cm³/mol. The van der Waals surface area contributed by atoms with Gasteiger partial charge in [0.05, 0.1) is 0 Å². The Morgan fingerprint density at radius 1 is 1.31 bits per heavy atom. The molecule has 74 valence electrons. The first-order valence-corrected chi connectivity index (χ1v) is 5.22. The van der Waals surface area contributed by atoms with E-state index in [1.54, 1.807) is 0 Å². The summed E-state index contributed by atoms with van der Waals surface area (Å²) in [5, 5.41) is 8.98. The van der Waals surface area contributed by atoms with Gasteiger partial charge in [-0.1, -0.05) is 0 Å². The highest BCUT2D eigenvalue weighted by atomic mass is 16.3. The average Bonchev–Trinajstić information content (AvgIpc) is 2.54. The number of aliphatic hydroxyl groups is 1. The molecule has 3 nitrogen and oxygen atoms in total. The Hall–Kier alpha value is -0.570. The van der Waals surface area contributed by atoms with Gasteiger partial charge in [-0.15, -0.1) is 0 Å². The summed E-state index contributed by atoms with van der Waals surface area (Å²) in [7, 11) is 0. The van der Waals surface area contributed by atoms with E-state index in [-0.39, 0.29) is 18.4 Å². The molecule has 0 unspecified atom stereocenters. The second kappa shape index (κ2) is 3.66. The molecule has 2 aliphatic rings. The number of hydrogen-bond acceptors (Lipinski definition) is 2. The van der Waals surface area contributed by atoms with Crippen molar-refractivity contribution in [1.82, 2.24) is 4.90 Å². The monoisotopic (exact) mass is 183 g/mol. The fourth-order valence-electron chi connectivity index (χ4n) is 2.28. The Morgan fingerprint density at radius 3 is 2.46 bits per heavy atom. The van der Waals surface area contributed by atoms with Gasteiger partial charge in [-0.2, -0.15) is 0 Å². The van der Waals surface area contributed by atoms with Crippen LogP contribution in [0.4, 0.5) is 0 Å². The fourth-order valence-corrected chi connectivity index (χ4v) is 2.28. The van der Waals surface area contributed by atoms with Gasteiger partial charge in [0.2, 0.25) is 5.91 Å². The number of carbonyl (C=O) groups is 1. The smallest absolute Gasteiger partial charge is 0.226 e. The summed E-state index contributed by atoms with van der Waals surface area (Å²) in [6.07, 6.45) is 4.33. The van der Waals surface area contributed by atoms with Gasteiger partial charge in [-0.25, -0.2) is 0 Å². The molecule has 0 spiro atoms. The van der Waals surface area contributed by atoms with Crippen molar-refractivity contribution in [3.05, 3.63) is 0 Å². The van der Waals surface area contributed by atoms with Gasteiger partial charge in [-0.3, -0.25) is 4.79 Å². The van der Waals surface area contributed by atoms with E-state index in [4.69, 9.17) is 5.11 Å². The minimum Gasteiger partial charge on any atom is -0.396 e. The van der Waals surface area contributed by atoms with Crippen LogP contribution in [0.15, 0.2) is 0 Å². The topological polar surface area (TPSA) is 40.5 Å². The van der Waals surface area contributed by atoms with Crippen LogP contribution in [0.2, 0.25) is 0 Å². The van der Waals surface area contributed by atoms with Crippen molar-refractivity contribution in [2.24, 2.45) is 11.8 Å². The minimum absolute atomic E-state index is 0.142. The van der Waals surface area contributed by atoms with Crippen LogP contribution in [0.3, 0.4) is 0 Å². The van der Waals surface area contributed by atoms with Crippen molar-refractivity contribution in [1.29, 1.82) is 0 Å². The first-order chi connectivity index (χ1) is 6.33. The maximum Gasteiger partial charge on any atom is 0.226 e. The van der Waals surface area contributed by atoms with Crippen molar-refractivity contribution < 1.29 is 9.90 Å². The number of amides is 1. The van der Waals surface area contributed by atoms with Gasteiger partial charge >= 0.3 is 0 Å². The predicted octanol–water partition coefficient (Wildman–Crippen LogP) is 0.627. The van der Waals surface area contributed by atoms with E-state index in [9.17, 15) is 4.79 Å². The number of rotatable bonds is 2. The summed E-state index contributed by atoms with van der Waals surface area (Å²) >= 11 is 0. The van der Waals surface area contributed by atoms with E-state index in [1.807, 2.05) is 4.90 Å². The summed E-state index contributed by atoms with van der Waals surface area (Å²) in [6, 6.07) is 0.